The van der Waals surface area contributed by atoms with E-state index in [1.54, 1.807) is 0 Å². The van der Waals surface area contributed by atoms with Gasteiger partial charge in [0.05, 0.1) is 13.2 Å². The van der Waals surface area contributed by atoms with Gasteiger partial charge >= 0.3 is 0 Å². The summed E-state index contributed by atoms with van der Waals surface area (Å²) in [6.07, 6.45) is 5.01. The lowest BCUT2D eigenvalue weighted by Gasteiger charge is -2.26. The Morgan fingerprint density at radius 2 is 1.81 bits per heavy atom. The van der Waals surface area contributed by atoms with Crippen LogP contribution in [0.4, 0.5) is 0 Å². The van der Waals surface area contributed by atoms with E-state index in [2.05, 4.69) is 19.2 Å². The molecule has 1 atom stereocenters. The molecule has 0 aromatic rings. The molecule has 0 saturated heterocycles. The Balaban J connectivity index is 3.76. The molecule has 0 aromatic carbocycles. The fraction of sp³-hybridized carbons (Fsp3) is 1.00. The van der Waals surface area contributed by atoms with Crippen LogP contribution in [0.3, 0.4) is 0 Å². The van der Waals surface area contributed by atoms with Crippen molar-refractivity contribution < 1.29 is 10.2 Å². The highest BCUT2D eigenvalue weighted by atomic mass is 16.3. The van der Waals surface area contributed by atoms with E-state index < -0.39 is 0 Å². The van der Waals surface area contributed by atoms with Gasteiger partial charge in [0.2, 0.25) is 0 Å². The van der Waals surface area contributed by atoms with E-state index in [1.165, 1.54) is 25.7 Å². The number of unbranched alkanes of at least 4 members (excludes halogenated alkanes) is 1. The van der Waals surface area contributed by atoms with Crippen LogP contribution in [0.2, 0.25) is 0 Å². The van der Waals surface area contributed by atoms with Gasteiger partial charge in [-0.05, 0) is 18.9 Å². The summed E-state index contributed by atoms with van der Waals surface area (Å²) in [5.74, 6) is 0.724. The van der Waals surface area contributed by atoms with Crippen LogP contribution in [-0.2, 0) is 0 Å². The van der Waals surface area contributed by atoms with Crippen LogP contribution in [0.25, 0.3) is 0 Å². The van der Waals surface area contributed by atoms with Gasteiger partial charge in [-0.15, -0.1) is 0 Å². The third kappa shape index (κ3) is 6.46. The molecule has 0 spiro atoms. The highest BCUT2D eigenvalue weighted by Gasteiger charge is 2.22. The molecule has 0 aliphatic carbocycles. The van der Waals surface area contributed by atoms with Crippen LogP contribution < -0.4 is 5.32 Å². The van der Waals surface area contributed by atoms with Gasteiger partial charge in [-0.3, -0.25) is 0 Å². The summed E-state index contributed by atoms with van der Waals surface area (Å²) < 4.78 is 0. The molecule has 98 valence electrons. The van der Waals surface area contributed by atoms with E-state index in [0.29, 0.717) is 6.54 Å². The molecule has 0 radical (unpaired) electrons. The predicted molar refractivity (Wildman–Crippen MR) is 68.5 cm³/mol. The first-order chi connectivity index (χ1) is 7.61. The maximum atomic E-state index is 9.15. The van der Waals surface area contributed by atoms with Crippen LogP contribution in [0.5, 0.6) is 0 Å². The number of hydrogen-bond acceptors (Lipinski definition) is 3. The van der Waals surface area contributed by atoms with Gasteiger partial charge in [0.15, 0.2) is 0 Å². The topological polar surface area (TPSA) is 52.5 Å². The molecule has 0 rings (SSSR count). The smallest absolute Gasteiger partial charge is 0.0518 e. The molecular weight excluding hydrogens is 202 g/mol. The van der Waals surface area contributed by atoms with Crippen molar-refractivity contribution in [2.45, 2.75) is 46.5 Å². The van der Waals surface area contributed by atoms with Crippen LogP contribution >= 0.6 is 0 Å². The van der Waals surface area contributed by atoms with Gasteiger partial charge in [-0.2, -0.15) is 0 Å². The van der Waals surface area contributed by atoms with Crippen molar-refractivity contribution in [1.29, 1.82) is 0 Å². The molecule has 3 heteroatoms. The van der Waals surface area contributed by atoms with E-state index in [0.717, 1.165) is 12.5 Å². The Bertz CT molecular complexity index is 158. The SMILES string of the molecule is CCCCC(CC)CNCC(C)(CO)CO. The van der Waals surface area contributed by atoms with E-state index in [4.69, 9.17) is 10.2 Å². The number of nitrogens with one attached hydrogen (secondary N) is 1. The predicted octanol–water partition coefficient (Wildman–Crippen LogP) is 1.78. The minimum Gasteiger partial charge on any atom is -0.396 e. The molecule has 0 saturated carbocycles. The summed E-state index contributed by atoms with van der Waals surface area (Å²) in [5, 5.41) is 21.7. The Kier molecular flexibility index (Phi) is 8.90. The van der Waals surface area contributed by atoms with Gasteiger partial charge in [0.25, 0.3) is 0 Å². The molecule has 3 nitrogen and oxygen atoms in total. The number of rotatable bonds is 10. The quantitative estimate of drug-likeness (QED) is 0.537. The van der Waals surface area contributed by atoms with E-state index in [-0.39, 0.29) is 18.6 Å². The lowest BCUT2D eigenvalue weighted by atomic mass is 9.92. The molecular formula is C13H29NO2. The van der Waals surface area contributed by atoms with Crippen molar-refractivity contribution in [2.75, 3.05) is 26.3 Å². The largest absolute Gasteiger partial charge is 0.396 e. The van der Waals surface area contributed by atoms with Crippen molar-refractivity contribution in [3.05, 3.63) is 0 Å². The summed E-state index contributed by atoms with van der Waals surface area (Å²) in [6, 6.07) is 0. The maximum Gasteiger partial charge on any atom is 0.0518 e. The van der Waals surface area contributed by atoms with Gasteiger partial charge in [0.1, 0.15) is 0 Å². The summed E-state index contributed by atoms with van der Waals surface area (Å²) in [4.78, 5) is 0. The molecule has 0 heterocycles. The summed E-state index contributed by atoms with van der Waals surface area (Å²) in [5.41, 5.74) is -0.386. The lowest BCUT2D eigenvalue weighted by Crippen LogP contribution is -2.39. The zero-order valence-corrected chi connectivity index (χ0v) is 11.1. The molecule has 16 heavy (non-hydrogen) atoms. The average Bonchev–Trinajstić information content (AvgIpc) is 2.33. The Labute approximate surface area is 100 Å². The first kappa shape index (κ1) is 15.9. The Hall–Kier alpha value is -0.120. The van der Waals surface area contributed by atoms with Crippen LogP contribution in [0.15, 0.2) is 0 Å². The average molecular weight is 231 g/mol. The van der Waals surface area contributed by atoms with E-state index in [9.17, 15) is 0 Å². The lowest BCUT2D eigenvalue weighted by molar-refractivity contribution is 0.0688. The first-order valence-electron chi connectivity index (χ1n) is 6.54. The summed E-state index contributed by atoms with van der Waals surface area (Å²) in [6.45, 7) is 8.07. The maximum absolute atomic E-state index is 9.15. The molecule has 0 aliphatic rings. The number of hydrogen-bond donors (Lipinski definition) is 3. The third-order valence-corrected chi connectivity index (χ3v) is 3.29. The molecule has 0 aliphatic heterocycles. The summed E-state index contributed by atoms with van der Waals surface area (Å²) in [7, 11) is 0. The number of aliphatic hydroxyl groups is 2. The van der Waals surface area contributed by atoms with Gasteiger partial charge in [0, 0.05) is 12.0 Å². The van der Waals surface area contributed by atoms with E-state index >= 15 is 0 Å². The van der Waals surface area contributed by atoms with Gasteiger partial charge in [-0.25, -0.2) is 0 Å². The van der Waals surface area contributed by atoms with Crippen molar-refractivity contribution >= 4 is 0 Å². The molecule has 0 bridgehead atoms. The Morgan fingerprint density at radius 1 is 1.19 bits per heavy atom. The molecule has 0 fully saturated rings. The van der Waals surface area contributed by atoms with Gasteiger partial charge < -0.3 is 15.5 Å². The van der Waals surface area contributed by atoms with Crippen LogP contribution in [0, 0.1) is 11.3 Å². The standard InChI is InChI=1S/C13H29NO2/c1-4-6-7-12(5-2)8-14-9-13(3,10-15)11-16/h12,14-16H,4-11H2,1-3H3. The fourth-order valence-electron chi connectivity index (χ4n) is 1.68. The zero-order valence-electron chi connectivity index (χ0n) is 11.1. The number of aliphatic hydroxyl groups excluding tert-OH is 2. The first-order valence-corrected chi connectivity index (χ1v) is 6.54. The molecule has 3 N–H and O–H groups in total. The third-order valence-electron chi connectivity index (χ3n) is 3.29. The fourth-order valence-corrected chi connectivity index (χ4v) is 1.68. The minimum absolute atomic E-state index is 0.0300. The monoisotopic (exact) mass is 231 g/mol. The van der Waals surface area contributed by atoms with Gasteiger partial charge in [-0.1, -0.05) is 40.0 Å². The van der Waals surface area contributed by atoms with E-state index in [1.807, 2.05) is 6.92 Å². The van der Waals surface area contributed by atoms with Crippen molar-refractivity contribution in [1.82, 2.24) is 5.32 Å². The van der Waals surface area contributed by atoms with Crippen LogP contribution in [0.1, 0.15) is 46.5 Å². The normalized spacial score (nSPS) is 14.1. The minimum atomic E-state index is -0.386. The summed E-state index contributed by atoms with van der Waals surface area (Å²) >= 11 is 0. The highest BCUT2D eigenvalue weighted by Crippen LogP contribution is 2.14. The van der Waals surface area contributed by atoms with Crippen LogP contribution in [-0.4, -0.2) is 36.5 Å². The van der Waals surface area contributed by atoms with Crippen molar-refractivity contribution in [2.24, 2.45) is 11.3 Å². The van der Waals surface area contributed by atoms with Crippen molar-refractivity contribution in [3.63, 3.8) is 0 Å². The molecule has 0 amide bonds. The molecule has 1 unspecified atom stereocenters. The second-order valence-corrected chi connectivity index (χ2v) is 5.17. The highest BCUT2D eigenvalue weighted by molar-refractivity contribution is 4.75. The second kappa shape index (κ2) is 8.97. The zero-order chi connectivity index (χ0) is 12.4. The Morgan fingerprint density at radius 3 is 2.25 bits per heavy atom. The van der Waals surface area contributed by atoms with Crippen molar-refractivity contribution in [3.8, 4) is 0 Å². The molecule has 0 aromatic heterocycles. The second-order valence-electron chi connectivity index (χ2n) is 5.17.